The number of ether oxygens (including phenoxy) is 2. The van der Waals surface area contributed by atoms with Crippen LogP contribution in [0.4, 0.5) is 0 Å². The molecule has 2 N–H and O–H groups in total. The van der Waals surface area contributed by atoms with Gasteiger partial charge in [-0.25, -0.2) is 0 Å². The standard InChI is InChI=1S/C22H58O11Si6.2C17H48O9Si6.C7H24O3Si4.C5H12O3Si.C5H10O2/c1-24-38(25-2,26-3)21-19-34(7,8)31-36(11,12)33-37(13,18-14-16-30-17-15-23)32-35(9,10)20-22-39(27-4,28-5)29-6;2*1-18-31(19-2,20-3)16-14-28(8,9)24-27(7)25-30(12,13)26-29(10,11)15-17-32(21-4,22-5)23-6;1-11(2)8-13(5)10-14(6,7)9-12(3)4;1-5-9(6-2,7-3)8-4;1-2-4-7-5-3-6/h23H,14-22H2,1-13H3;2*27H,14-17H2,1-13H3;11-13H,1-7H3;5H,1H2,2-4H3;2,6H,1,3-5H2. The molecule has 0 saturated heterocycles. The van der Waals surface area contributed by atoms with Crippen LogP contribution in [-0.2, 0) is 152 Å². The molecule has 0 amide bonds. The zero-order chi connectivity index (χ0) is 105. The molecule has 0 saturated carbocycles. The first kappa shape index (κ1) is 147. The van der Waals surface area contributed by atoms with Crippen LogP contribution in [0.3, 0.4) is 0 Å². The summed E-state index contributed by atoms with van der Waals surface area (Å²) < 4.78 is 203. The molecule has 0 spiro atoms. The van der Waals surface area contributed by atoms with E-state index in [4.69, 9.17) is 162 Å². The summed E-state index contributed by atoms with van der Waals surface area (Å²) in [6.45, 7) is 69.4. The Kier molecular flexibility index (Phi) is 79.8. The molecule has 0 radical (unpaired) electrons. The first-order chi connectivity index (χ1) is 61.0. The molecule has 60 heteroatoms. The van der Waals surface area contributed by atoms with Crippen LogP contribution in [0, 0.1) is 0 Å². The average Bonchev–Trinajstić information content (AvgIpc) is 0.803. The number of rotatable bonds is 74. The Morgan fingerprint density at radius 3 is 0.714 bits per heavy atom. The lowest BCUT2D eigenvalue weighted by atomic mass is 10.5. The van der Waals surface area contributed by atoms with Gasteiger partial charge in [0.25, 0.3) is 27.9 Å². The summed E-state index contributed by atoms with van der Waals surface area (Å²) in [6, 6.07) is 10.3. The lowest BCUT2D eigenvalue weighted by Gasteiger charge is -2.43. The SMILES string of the molecule is C=CCOCCO.C=C[Si](OC)(OC)OC.CO[Si](CC[Si](C)(C)O[SiH](C)O[Si](C)(C)O[Si](C)(C)CC[Si](OC)(OC)OC)(OC)OC.CO[Si](CC[Si](C)(C)O[SiH](C)O[Si](C)(C)O[Si](C)(C)CC[Si](OC)(OC)OC)(OC)OC.CO[Si](CC[Si](C)(C)O[Si](C)(C)O[Si](C)(CCCOCCO)O[Si](C)(C)CC[Si](OC)(OC)OC)(OC)OC.C[SiH](C)O[SiH](C)O[Si](C)(C)O[SiH](C)C. The Morgan fingerprint density at radius 2 is 0.489 bits per heavy atom. The Balaban J connectivity index is -0.000000394. The molecule has 0 fully saturated rings. The number of aliphatic hydroxyl groups excluding tert-OH is 2. The number of hydrogen-bond donors (Lipinski definition) is 2. The van der Waals surface area contributed by atoms with Crippen molar-refractivity contribution < 1.29 is 162 Å². The first-order valence-electron chi connectivity index (χ1n) is 45.4. The van der Waals surface area contributed by atoms with E-state index in [-0.39, 0.29) is 13.2 Å². The van der Waals surface area contributed by atoms with Crippen LogP contribution in [0.1, 0.15) is 6.42 Å². The average molecular weight is 2320 g/mol. The third kappa shape index (κ3) is 68.3. The molecular weight excluding hydrogens is 2110 g/mol. The van der Waals surface area contributed by atoms with Gasteiger partial charge in [-0.15, -0.1) is 6.58 Å². The molecule has 133 heavy (non-hydrogen) atoms. The van der Waals surface area contributed by atoms with E-state index in [9.17, 15) is 0 Å². The Bertz CT molecular complexity index is 2720. The van der Waals surface area contributed by atoms with E-state index in [0.29, 0.717) is 38.5 Å². The maximum atomic E-state index is 9.05. The highest BCUT2D eigenvalue weighted by molar-refractivity contribution is 6.91. The Labute approximate surface area is 838 Å². The maximum absolute atomic E-state index is 9.05. The van der Waals surface area contributed by atoms with Crippen LogP contribution in [-0.4, -0.2) is 399 Å². The van der Waals surface area contributed by atoms with Gasteiger partial charge in [-0.1, -0.05) is 12.7 Å². The van der Waals surface area contributed by atoms with Gasteiger partial charge >= 0.3 is 104 Å². The zero-order valence-electron chi connectivity index (χ0n) is 92.8. The van der Waals surface area contributed by atoms with Crippen LogP contribution in [0.25, 0.3) is 0 Å². The topological polar surface area (TPSA) is 364 Å². The summed E-state index contributed by atoms with van der Waals surface area (Å²) in [5.74, 6) is 0. The van der Waals surface area contributed by atoms with Gasteiger partial charge in [0.1, 0.15) is 0 Å². The van der Waals surface area contributed by atoms with Crippen molar-refractivity contribution in [3.63, 3.8) is 0 Å². The minimum absolute atomic E-state index is 0.0125. The van der Waals surface area contributed by atoms with E-state index in [1.807, 2.05) is 0 Å². The van der Waals surface area contributed by atoms with Crippen molar-refractivity contribution in [3.8, 4) is 0 Å². The predicted octanol–water partition coefficient (Wildman–Crippen LogP) is 14.2. The van der Waals surface area contributed by atoms with Gasteiger partial charge in [0.05, 0.1) is 33.0 Å². The predicted molar refractivity (Wildman–Crippen MR) is 587 cm³/mol. The zero-order valence-corrected chi connectivity index (χ0v) is 117. The van der Waals surface area contributed by atoms with Crippen molar-refractivity contribution in [3.05, 3.63) is 24.9 Å². The molecule has 37 nitrogen and oxygen atoms in total. The van der Waals surface area contributed by atoms with Crippen molar-refractivity contribution in [2.45, 2.75) is 268 Å². The second kappa shape index (κ2) is 72.4. The van der Waals surface area contributed by atoms with Crippen molar-refractivity contribution in [1.29, 1.82) is 0 Å². The van der Waals surface area contributed by atoms with E-state index in [0.717, 1.165) is 72.9 Å². The maximum Gasteiger partial charge on any atom is 0.528 e. The van der Waals surface area contributed by atoms with Crippen molar-refractivity contribution in [1.82, 2.24) is 0 Å². The summed E-state index contributed by atoms with van der Waals surface area (Å²) in [7, 11) is -15.3. The molecular formula is C73H200O37Si23. The molecule has 4 atom stereocenters. The second-order valence-corrected chi connectivity index (χ2v) is 115. The highest BCUT2D eigenvalue weighted by Crippen LogP contribution is 2.36. The molecule has 0 rings (SSSR count). The molecule has 0 bridgehead atoms. The normalized spacial score (nSPS) is 14.7. The third-order valence-corrected chi connectivity index (χ3v) is 98.5. The number of aliphatic hydroxyl groups is 2. The Morgan fingerprint density at radius 1 is 0.241 bits per heavy atom. The van der Waals surface area contributed by atoms with E-state index in [2.05, 4.69) is 196 Å². The van der Waals surface area contributed by atoms with E-state index >= 15 is 0 Å². The molecule has 0 aliphatic heterocycles. The van der Waals surface area contributed by atoms with E-state index in [1.165, 1.54) is 0 Å². The van der Waals surface area contributed by atoms with Crippen molar-refractivity contribution >= 4 is 200 Å². The molecule has 0 aromatic rings. The molecule has 0 aromatic heterocycles. The fraction of sp³-hybridized carbons (Fsp3) is 0.945. The first-order valence-corrected chi connectivity index (χ1v) is 103. The molecule has 806 valence electrons. The van der Waals surface area contributed by atoms with Gasteiger partial charge in [-0.2, -0.15) is 0 Å². The monoisotopic (exact) mass is 2310 g/mol. The lowest BCUT2D eigenvalue weighted by molar-refractivity contribution is 0.0918. The molecule has 0 aliphatic carbocycles. The van der Waals surface area contributed by atoms with Gasteiger partial charge < -0.3 is 162 Å². The van der Waals surface area contributed by atoms with Crippen LogP contribution < -0.4 is 0 Å². The fourth-order valence-electron chi connectivity index (χ4n) is 14.2. The van der Waals surface area contributed by atoms with Gasteiger partial charge in [0.15, 0.2) is 68.0 Å². The summed E-state index contributed by atoms with van der Waals surface area (Å²) in [5.41, 5.74) is 1.58. The summed E-state index contributed by atoms with van der Waals surface area (Å²) >= 11 is 0. The summed E-state index contributed by atoms with van der Waals surface area (Å²) in [4.78, 5) is 0. The van der Waals surface area contributed by atoms with Crippen molar-refractivity contribution in [2.75, 3.05) is 189 Å². The van der Waals surface area contributed by atoms with Gasteiger partial charge in [-0.05, 0) is 238 Å². The van der Waals surface area contributed by atoms with Crippen LogP contribution >= 0.6 is 0 Å². The van der Waals surface area contributed by atoms with E-state index in [1.54, 1.807) is 161 Å². The minimum Gasteiger partial charge on any atom is -0.442 e. The Hall–Kier alpha value is 2.99. The minimum atomic E-state index is -2.71. The largest absolute Gasteiger partial charge is 0.528 e. The summed E-state index contributed by atoms with van der Waals surface area (Å²) in [5, 5.41) is 17.2. The van der Waals surface area contributed by atoms with Gasteiger partial charge in [-0.3, -0.25) is 0 Å². The van der Waals surface area contributed by atoms with Crippen LogP contribution in [0.2, 0.25) is 262 Å². The third-order valence-electron chi connectivity index (χ3n) is 20.4. The van der Waals surface area contributed by atoms with Crippen LogP contribution in [0.5, 0.6) is 0 Å². The quantitative estimate of drug-likeness (QED) is 0.0324. The smallest absolute Gasteiger partial charge is 0.442 e. The van der Waals surface area contributed by atoms with Crippen LogP contribution in [0.15, 0.2) is 24.9 Å². The second-order valence-electron chi connectivity index (χ2n) is 37.2. The highest BCUT2D eigenvalue weighted by Gasteiger charge is 2.52. The fourth-order valence-corrected chi connectivity index (χ4v) is 102. The molecule has 0 heterocycles. The molecule has 0 aromatic carbocycles. The molecule has 0 aliphatic rings. The van der Waals surface area contributed by atoms with Crippen molar-refractivity contribution in [2.24, 2.45) is 0 Å². The number of hydrogen-bond acceptors (Lipinski definition) is 37. The lowest BCUT2D eigenvalue weighted by Crippen LogP contribution is -2.58. The van der Waals surface area contributed by atoms with Gasteiger partial charge in [0, 0.05) is 192 Å². The summed E-state index contributed by atoms with van der Waals surface area (Å²) in [6.07, 6.45) is 2.44. The molecule has 4 unspecified atom stereocenters. The highest BCUT2D eigenvalue weighted by atomic mass is 28.5. The van der Waals surface area contributed by atoms with E-state index < -0.39 is 200 Å². The van der Waals surface area contributed by atoms with Gasteiger partial charge in [0.2, 0.25) is 0 Å².